The number of nitrogens with one attached hydrogen (secondary N) is 3. The fourth-order valence-corrected chi connectivity index (χ4v) is 6.03. The molecule has 0 aliphatic heterocycles. The Kier molecular flexibility index (Phi) is 10.1. The molecular weight excluding hydrogens is 548 g/mol. The van der Waals surface area contributed by atoms with E-state index in [1.807, 2.05) is 90.3 Å². The first-order valence-electron chi connectivity index (χ1n) is 13.7. The number of hydrogen-bond donors (Lipinski definition) is 6. The van der Waals surface area contributed by atoms with E-state index >= 15 is 0 Å². The largest absolute Gasteiger partial charge is 0.370 e. The molecule has 4 aromatic rings. The molecule has 1 aromatic heterocycles. The molecule has 0 saturated heterocycles. The van der Waals surface area contributed by atoms with E-state index in [0.29, 0.717) is 0 Å². The number of benzene rings is 3. The first kappa shape index (κ1) is 30.4. The van der Waals surface area contributed by atoms with Gasteiger partial charge in [0.05, 0.1) is 0 Å². The highest BCUT2D eigenvalue weighted by atomic mass is 32.1. The van der Waals surface area contributed by atoms with E-state index in [4.69, 9.17) is 22.6 Å². The lowest BCUT2D eigenvalue weighted by atomic mass is 9.79. The van der Waals surface area contributed by atoms with Crippen molar-refractivity contribution in [3.05, 3.63) is 107 Å². The number of fused-ring (bicyclic) bond motifs is 1. The monoisotopic (exact) mass is 584 g/mol. The molecule has 42 heavy (non-hydrogen) atoms. The Bertz CT molecular complexity index is 1500. The van der Waals surface area contributed by atoms with Crippen molar-refractivity contribution in [2.24, 2.45) is 17.2 Å². The summed E-state index contributed by atoms with van der Waals surface area (Å²) < 4.78 is 1.05. The van der Waals surface area contributed by atoms with Gasteiger partial charge in [-0.05, 0) is 46.4 Å². The minimum absolute atomic E-state index is 0.0267. The van der Waals surface area contributed by atoms with Gasteiger partial charge in [-0.3, -0.25) is 19.8 Å². The van der Waals surface area contributed by atoms with Crippen LogP contribution in [0.2, 0.25) is 0 Å². The van der Waals surface area contributed by atoms with Crippen LogP contribution < -0.4 is 27.8 Å². The van der Waals surface area contributed by atoms with Crippen molar-refractivity contribution in [3.63, 3.8) is 0 Å². The maximum absolute atomic E-state index is 14.0. The summed E-state index contributed by atoms with van der Waals surface area (Å²) in [6, 6.07) is 25.9. The van der Waals surface area contributed by atoms with E-state index in [1.54, 1.807) is 0 Å². The predicted molar refractivity (Wildman–Crippen MR) is 167 cm³/mol. The summed E-state index contributed by atoms with van der Waals surface area (Å²) in [7, 11) is 0. The molecule has 9 N–H and O–H groups in total. The number of Topliss-reactive ketones (excluding diaryl/α,β-unsaturated/α-hetero) is 1. The lowest BCUT2D eigenvalue weighted by Crippen LogP contribution is -2.63. The Morgan fingerprint density at radius 2 is 1.48 bits per heavy atom. The van der Waals surface area contributed by atoms with Gasteiger partial charge in [0.1, 0.15) is 6.04 Å². The Labute approximate surface area is 249 Å². The number of carbonyl (C=O) groups is 3. The normalized spacial score (nSPS) is 13.3. The highest BCUT2D eigenvalue weighted by Gasteiger charge is 2.43. The zero-order chi connectivity index (χ0) is 30.1. The van der Waals surface area contributed by atoms with Gasteiger partial charge in [-0.2, -0.15) is 0 Å². The van der Waals surface area contributed by atoms with Gasteiger partial charge >= 0.3 is 0 Å². The lowest BCUT2D eigenvalue weighted by Gasteiger charge is -2.30. The molecule has 4 rings (SSSR count). The quantitative estimate of drug-likeness (QED) is 0.0574. The summed E-state index contributed by atoms with van der Waals surface area (Å²) in [5, 5.41) is 15.7. The van der Waals surface area contributed by atoms with Crippen molar-refractivity contribution in [1.82, 2.24) is 10.6 Å². The van der Waals surface area contributed by atoms with Gasteiger partial charge in [0.25, 0.3) is 0 Å². The third-order valence-corrected chi connectivity index (χ3v) is 8.41. The minimum Gasteiger partial charge on any atom is -0.370 e. The van der Waals surface area contributed by atoms with Gasteiger partial charge in [0, 0.05) is 30.0 Å². The second-order valence-corrected chi connectivity index (χ2v) is 11.2. The van der Waals surface area contributed by atoms with Crippen LogP contribution in [0.4, 0.5) is 0 Å². The fourth-order valence-electron chi connectivity index (χ4n) is 5.06. The third-order valence-electron chi connectivity index (χ3n) is 7.39. The maximum atomic E-state index is 14.0. The van der Waals surface area contributed by atoms with Gasteiger partial charge in [-0.15, -0.1) is 11.3 Å². The molecule has 0 spiro atoms. The second kappa shape index (κ2) is 13.9. The average molecular weight is 585 g/mol. The summed E-state index contributed by atoms with van der Waals surface area (Å²) >= 11 is 1.54. The summed E-state index contributed by atoms with van der Waals surface area (Å²) in [4.78, 5) is 40.4. The van der Waals surface area contributed by atoms with Crippen LogP contribution in [-0.2, 0) is 20.8 Å². The number of thiophene rings is 1. The zero-order valence-corrected chi connectivity index (χ0v) is 24.0. The van der Waals surface area contributed by atoms with Crippen LogP contribution in [0.15, 0.2) is 90.3 Å². The topological polar surface area (TPSA) is 177 Å². The fraction of sp³-hybridized carbons (Fsp3) is 0.250. The Hall–Kier alpha value is -4.54. The molecule has 2 amide bonds. The highest BCUT2D eigenvalue weighted by molar-refractivity contribution is 7.17. The standard InChI is InChI=1S/C32H36N6O3S/c33-29(40)26(18-23-20-42-27-15-8-7-14-24(23)27)38-30(41)32(36,16-9-17-37-31(34)35)28(39)19-25(21-10-3-1-4-11-21)22-12-5-2-6-13-22/h1-8,10-15,20,25-26H,9,16-19,36H2,(H2,33,40)(H,38,41)(H4,34,35,37)/t26-,32-/m0/s1. The Morgan fingerprint density at radius 3 is 2.07 bits per heavy atom. The van der Waals surface area contributed by atoms with Crippen LogP contribution in [-0.4, -0.2) is 41.7 Å². The van der Waals surface area contributed by atoms with Gasteiger partial charge in [-0.1, -0.05) is 78.9 Å². The summed E-state index contributed by atoms with van der Waals surface area (Å²) in [5.41, 5.74) is 18.6. The van der Waals surface area contributed by atoms with Gasteiger partial charge < -0.3 is 27.8 Å². The van der Waals surface area contributed by atoms with Crippen LogP contribution in [0.25, 0.3) is 10.1 Å². The van der Waals surface area contributed by atoms with E-state index in [-0.39, 0.29) is 44.1 Å². The van der Waals surface area contributed by atoms with Crippen molar-refractivity contribution in [2.45, 2.75) is 43.2 Å². The Balaban J connectivity index is 1.60. The van der Waals surface area contributed by atoms with E-state index in [2.05, 4.69) is 10.6 Å². The number of hydrogen-bond acceptors (Lipinski definition) is 6. The molecule has 3 aromatic carbocycles. The SMILES string of the molecule is N=C(N)NCCC[C@](N)(C(=O)CC(c1ccccc1)c1ccccc1)C(=O)N[C@@H](Cc1csc2ccccc12)C(N)=O. The van der Waals surface area contributed by atoms with Crippen molar-refractivity contribution >= 4 is 45.0 Å². The van der Waals surface area contributed by atoms with E-state index in [1.165, 1.54) is 11.3 Å². The smallest absolute Gasteiger partial charge is 0.248 e. The first-order valence-corrected chi connectivity index (χ1v) is 14.6. The van der Waals surface area contributed by atoms with Gasteiger partial charge in [0.15, 0.2) is 17.3 Å². The molecule has 0 radical (unpaired) electrons. The van der Waals surface area contributed by atoms with E-state index in [9.17, 15) is 14.4 Å². The Morgan fingerprint density at radius 1 is 0.881 bits per heavy atom. The van der Waals surface area contributed by atoms with Crippen LogP contribution in [0.5, 0.6) is 0 Å². The molecule has 0 aliphatic carbocycles. The van der Waals surface area contributed by atoms with E-state index in [0.717, 1.165) is 26.8 Å². The molecular formula is C32H36N6O3S. The number of rotatable bonds is 14. The van der Waals surface area contributed by atoms with Crippen molar-refractivity contribution < 1.29 is 14.4 Å². The molecule has 0 bridgehead atoms. The van der Waals surface area contributed by atoms with E-state index < -0.39 is 29.2 Å². The average Bonchev–Trinajstić information content (AvgIpc) is 3.40. The second-order valence-electron chi connectivity index (χ2n) is 10.3. The molecule has 0 fully saturated rings. The molecule has 9 nitrogen and oxygen atoms in total. The van der Waals surface area contributed by atoms with Crippen LogP contribution in [0.1, 0.15) is 41.9 Å². The molecule has 2 atom stereocenters. The minimum atomic E-state index is -1.95. The molecule has 218 valence electrons. The summed E-state index contributed by atoms with van der Waals surface area (Å²) in [6.07, 6.45) is 0.389. The molecule has 0 saturated carbocycles. The highest BCUT2D eigenvalue weighted by Crippen LogP contribution is 2.31. The number of carbonyl (C=O) groups excluding carboxylic acids is 3. The zero-order valence-electron chi connectivity index (χ0n) is 23.2. The number of primary amides is 1. The number of ketones is 1. The maximum Gasteiger partial charge on any atom is 0.248 e. The van der Waals surface area contributed by atoms with Crippen molar-refractivity contribution in [3.8, 4) is 0 Å². The summed E-state index contributed by atoms with van der Waals surface area (Å²) in [5.74, 6) is -2.52. The predicted octanol–water partition coefficient (Wildman–Crippen LogP) is 3.17. The lowest BCUT2D eigenvalue weighted by molar-refractivity contribution is -0.138. The van der Waals surface area contributed by atoms with Crippen LogP contribution in [0.3, 0.4) is 0 Å². The van der Waals surface area contributed by atoms with Gasteiger partial charge in [0.2, 0.25) is 11.8 Å². The molecule has 1 heterocycles. The van der Waals surface area contributed by atoms with Crippen LogP contribution >= 0.6 is 11.3 Å². The number of nitrogens with two attached hydrogens (primary N) is 3. The summed E-state index contributed by atoms with van der Waals surface area (Å²) in [6.45, 7) is 0.246. The molecule has 0 aliphatic rings. The van der Waals surface area contributed by atoms with Crippen molar-refractivity contribution in [2.75, 3.05) is 6.54 Å². The van der Waals surface area contributed by atoms with Gasteiger partial charge in [-0.25, -0.2) is 0 Å². The first-order chi connectivity index (χ1) is 20.2. The molecule has 10 heteroatoms. The number of guanidine groups is 1. The van der Waals surface area contributed by atoms with Crippen LogP contribution in [0, 0.1) is 5.41 Å². The number of amides is 2. The molecule has 0 unspecified atom stereocenters. The third kappa shape index (κ3) is 7.39. The van der Waals surface area contributed by atoms with Crippen molar-refractivity contribution in [1.29, 1.82) is 5.41 Å².